The average Bonchev–Trinajstić information content (AvgIpc) is 2.35. The van der Waals surface area contributed by atoms with Crippen LogP contribution in [0.4, 0.5) is 0 Å². The third-order valence-electron chi connectivity index (χ3n) is 2.32. The third-order valence-corrected chi connectivity index (χ3v) is 2.32. The van der Waals surface area contributed by atoms with Gasteiger partial charge in [0, 0.05) is 12.2 Å². The van der Waals surface area contributed by atoms with E-state index in [-0.39, 0.29) is 0 Å². The molecule has 0 radical (unpaired) electrons. The number of carboxylic acid groups (broad SMARTS) is 1. The monoisotopic (exact) mass is 248 g/mol. The molecule has 96 valence electrons. The quantitative estimate of drug-likeness (QED) is 0.477. The smallest absolute Gasteiger partial charge is 0.336 e. The Bertz CT molecular complexity index is 432. The number of rotatable bonds is 6. The molecular weight excluding hydrogens is 232 g/mol. The van der Waals surface area contributed by atoms with Crippen molar-refractivity contribution in [2.24, 2.45) is 0 Å². The Balaban J connectivity index is 2.53. The van der Waals surface area contributed by atoms with Crippen molar-refractivity contribution in [2.75, 3.05) is 0 Å². The first kappa shape index (κ1) is 14.0. The van der Waals surface area contributed by atoms with Crippen LogP contribution in [0.5, 0.6) is 5.75 Å². The zero-order valence-electron chi connectivity index (χ0n) is 10.3. The predicted octanol–water partition coefficient (Wildman–Crippen LogP) is 2.58. The summed E-state index contributed by atoms with van der Waals surface area (Å²) in [5.74, 6) is -1.46. The molecule has 0 heterocycles. The first-order chi connectivity index (χ1) is 8.61. The van der Waals surface area contributed by atoms with Gasteiger partial charge < -0.3 is 9.84 Å². The molecule has 0 aliphatic rings. The van der Waals surface area contributed by atoms with Gasteiger partial charge >= 0.3 is 11.9 Å². The first-order valence-electron chi connectivity index (χ1n) is 5.83. The number of hydrogen-bond donors (Lipinski definition) is 1. The fourth-order valence-electron chi connectivity index (χ4n) is 1.39. The van der Waals surface area contributed by atoms with Crippen molar-refractivity contribution in [1.29, 1.82) is 0 Å². The van der Waals surface area contributed by atoms with E-state index in [0.717, 1.165) is 31.4 Å². The fourth-order valence-corrected chi connectivity index (χ4v) is 1.39. The third kappa shape index (κ3) is 5.30. The summed E-state index contributed by atoms with van der Waals surface area (Å²) in [6.45, 7) is 2.13. The van der Waals surface area contributed by atoms with E-state index in [0.29, 0.717) is 5.75 Å². The molecule has 0 amide bonds. The summed E-state index contributed by atoms with van der Waals surface area (Å²) in [5.41, 5.74) is 1.19. The molecule has 1 N–H and O–H groups in total. The molecule has 4 nitrogen and oxygen atoms in total. The van der Waals surface area contributed by atoms with Gasteiger partial charge in [-0.2, -0.15) is 0 Å². The SMILES string of the molecule is CCCCc1ccc(OC(=O)/C=C\C(=O)O)cc1. The van der Waals surface area contributed by atoms with Gasteiger partial charge in [0.15, 0.2) is 0 Å². The second-order valence-electron chi connectivity index (χ2n) is 3.84. The number of benzene rings is 1. The average molecular weight is 248 g/mol. The van der Waals surface area contributed by atoms with Gasteiger partial charge in [-0.05, 0) is 30.5 Å². The Morgan fingerprint density at radius 3 is 2.44 bits per heavy atom. The zero-order chi connectivity index (χ0) is 13.4. The number of carbonyl (C=O) groups excluding carboxylic acids is 1. The lowest BCUT2D eigenvalue weighted by Gasteiger charge is -2.03. The molecule has 0 bridgehead atoms. The summed E-state index contributed by atoms with van der Waals surface area (Å²) < 4.78 is 4.94. The van der Waals surface area contributed by atoms with E-state index in [1.54, 1.807) is 12.1 Å². The van der Waals surface area contributed by atoms with E-state index in [2.05, 4.69) is 6.92 Å². The van der Waals surface area contributed by atoms with Gasteiger partial charge in [0.1, 0.15) is 5.75 Å². The second kappa shape index (κ2) is 7.27. The number of carbonyl (C=O) groups is 2. The second-order valence-corrected chi connectivity index (χ2v) is 3.84. The van der Waals surface area contributed by atoms with Crippen molar-refractivity contribution in [3.8, 4) is 5.75 Å². The summed E-state index contributed by atoms with van der Waals surface area (Å²) in [6.07, 6.45) is 4.89. The van der Waals surface area contributed by atoms with E-state index in [1.807, 2.05) is 12.1 Å². The number of hydrogen-bond acceptors (Lipinski definition) is 3. The first-order valence-corrected chi connectivity index (χ1v) is 5.83. The summed E-state index contributed by atoms with van der Waals surface area (Å²) >= 11 is 0. The van der Waals surface area contributed by atoms with Crippen LogP contribution in [0.2, 0.25) is 0 Å². The van der Waals surface area contributed by atoms with E-state index in [1.165, 1.54) is 5.56 Å². The van der Waals surface area contributed by atoms with Crippen LogP contribution in [-0.4, -0.2) is 17.0 Å². The van der Waals surface area contributed by atoms with Gasteiger partial charge in [-0.3, -0.25) is 0 Å². The van der Waals surface area contributed by atoms with E-state index >= 15 is 0 Å². The summed E-state index contributed by atoms with van der Waals surface area (Å²) in [7, 11) is 0. The molecule has 0 unspecified atom stereocenters. The maximum atomic E-state index is 11.2. The number of ether oxygens (including phenoxy) is 1. The number of esters is 1. The van der Waals surface area contributed by atoms with Crippen LogP contribution in [0, 0.1) is 0 Å². The standard InChI is InChI=1S/C14H16O4/c1-2-3-4-11-5-7-12(8-6-11)18-14(17)10-9-13(15)16/h5-10H,2-4H2,1H3,(H,15,16)/b10-9-. The number of aliphatic carboxylic acids is 1. The molecule has 0 saturated heterocycles. The maximum absolute atomic E-state index is 11.2. The summed E-state index contributed by atoms with van der Waals surface area (Å²) in [6, 6.07) is 7.22. The van der Waals surface area contributed by atoms with Crippen LogP contribution >= 0.6 is 0 Å². The Hall–Kier alpha value is -2.10. The van der Waals surface area contributed by atoms with Crippen LogP contribution in [0.3, 0.4) is 0 Å². The molecule has 0 saturated carbocycles. The molecule has 0 spiro atoms. The highest BCUT2D eigenvalue weighted by atomic mass is 16.5. The van der Waals surface area contributed by atoms with Crippen LogP contribution in [0.1, 0.15) is 25.3 Å². The number of carboxylic acids is 1. The number of aryl methyl sites for hydroxylation is 1. The van der Waals surface area contributed by atoms with Gasteiger partial charge in [0.2, 0.25) is 0 Å². The minimum atomic E-state index is -1.18. The summed E-state index contributed by atoms with van der Waals surface area (Å²) in [5, 5.41) is 8.35. The lowest BCUT2D eigenvalue weighted by molar-refractivity contribution is -0.133. The van der Waals surface area contributed by atoms with Crippen molar-refractivity contribution < 1.29 is 19.4 Å². The molecule has 0 aromatic heterocycles. The van der Waals surface area contributed by atoms with Crippen molar-refractivity contribution in [3.05, 3.63) is 42.0 Å². The minimum absolute atomic E-state index is 0.412. The predicted molar refractivity (Wildman–Crippen MR) is 67.5 cm³/mol. The Morgan fingerprint density at radius 2 is 1.89 bits per heavy atom. The van der Waals surface area contributed by atoms with Crippen LogP contribution in [0.25, 0.3) is 0 Å². The van der Waals surface area contributed by atoms with E-state index in [9.17, 15) is 9.59 Å². The molecule has 0 atom stereocenters. The Kier molecular flexibility index (Phi) is 5.64. The number of unbranched alkanes of at least 4 members (excludes halogenated alkanes) is 1. The maximum Gasteiger partial charge on any atom is 0.336 e. The largest absolute Gasteiger partial charge is 0.478 e. The molecule has 0 aliphatic carbocycles. The van der Waals surface area contributed by atoms with E-state index in [4.69, 9.17) is 9.84 Å². The molecule has 0 aliphatic heterocycles. The van der Waals surface area contributed by atoms with Gasteiger partial charge in [-0.15, -0.1) is 0 Å². The molecule has 1 aromatic rings. The summed E-state index contributed by atoms with van der Waals surface area (Å²) in [4.78, 5) is 21.4. The van der Waals surface area contributed by atoms with Gasteiger partial charge in [0.25, 0.3) is 0 Å². The van der Waals surface area contributed by atoms with Gasteiger partial charge in [-0.1, -0.05) is 25.5 Å². The molecular formula is C14H16O4. The van der Waals surface area contributed by atoms with Crippen LogP contribution in [0.15, 0.2) is 36.4 Å². The highest BCUT2D eigenvalue weighted by molar-refractivity contribution is 5.91. The lowest BCUT2D eigenvalue weighted by atomic mass is 10.1. The Labute approximate surface area is 106 Å². The normalized spacial score (nSPS) is 10.5. The highest BCUT2D eigenvalue weighted by Crippen LogP contribution is 2.14. The zero-order valence-corrected chi connectivity index (χ0v) is 10.3. The van der Waals surface area contributed by atoms with Crippen molar-refractivity contribution in [1.82, 2.24) is 0 Å². The van der Waals surface area contributed by atoms with Crippen LogP contribution in [-0.2, 0) is 16.0 Å². The Morgan fingerprint density at radius 1 is 1.22 bits per heavy atom. The van der Waals surface area contributed by atoms with Gasteiger partial charge in [-0.25, -0.2) is 9.59 Å². The molecule has 1 rings (SSSR count). The molecule has 1 aromatic carbocycles. The van der Waals surface area contributed by atoms with Crippen molar-refractivity contribution in [2.45, 2.75) is 26.2 Å². The molecule has 18 heavy (non-hydrogen) atoms. The highest BCUT2D eigenvalue weighted by Gasteiger charge is 2.01. The topological polar surface area (TPSA) is 63.6 Å². The molecule has 4 heteroatoms. The lowest BCUT2D eigenvalue weighted by Crippen LogP contribution is -2.04. The minimum Gasteiger partial charge on any atom is -0.478 e. The van der Waals surface area contributed by atoms with E-state index < -0.39 is 11.9 Å². The van der Waals surface area contributed by atoms with Crippen molar-refractivity contribution >= 4 is 11.9 Å². The van der Waals surface area contributed by atoms with Gasteiger partial charge in [0.05, 0.1) is 0 Å². The fraction of sp³-hybridized carbons (Fsp3) is 0.286. The van der Waals surface area contributed by atoms with Crippen molar-refractivity contribution in [3.63, 3.8) is 0 Å². The molecule has 0 fully saturated rings. The van der Waals surface area contributed by atoms with Crippen LogP contribution < -0.4 is 4.74 Å².